The number of benzene rings is 2. The van der Waals surface area contributed by atoms with E-state index in [-0.39, 0.29) is 24.2 Å². The number of likely N-dealkylation sites (N-methyl/N-ethyl adjacent to an activating group) is 1. The van der Waals surface area contributed by atoms with Gasteiger partial charge in [-0.05, 0) is 31.5 Å². The van der Waals surface area contributed by atoms with Gasteiger partial charge in [-0.3, -0.25) is 14.6 Å². The first kappa shape index (κ1) is 19.2. The molecule has 0 saturated carbocycles. The summed E-state index contributed by atoms with van der Waals surface area (Å²) in [4.78, 5) is 37.7. The van der Waals surface area contributed by atoms with Gasteiger partial charge in [-0.2, -0.15) is 0 Å². The number of imide groups is 1. The first-order valence-corrected chi connectivity index (χ1v) is 10.1. The van der Waals surface area contributed by atoms with Crippen LogP contribution in [0.1, 0.15) is 18.1 Å². The Bertz CT molecular complexity index is 1160. The van der Waals surface area contributed by atoms with Gasteiger partial charge in [-0.15, -0.1) is 0 Å². The molecule has 8 heteroatoms. The number of carbonyl (C=O) groups is 2. The van der Waals surface area contributed by atoms with Crippen molar-refractivity contribution in [2.24, 2.45) is 4.99 Å². The van der Waals surface area contributed by atoms with Gasteiger partial charge in [0.15, 0.2) is 12.2 Å². The van der Waals surface area contributed by atoms with Gasteiger partial charge < -0.3 is 14.9 Å². The molecule has 3 heterocycles. The number of rotatable bonds is 3. The lowest BCUT2D eigenvalue weighted by molar-refractivity contribution is -0.137. The molecule has 1 fully saturated rings. The molecule has 31 heavy (non-hydrogen) atoms. The van der Waals surface area contributed by atoms with Crippen molar-refractivity contribution in [3.8, 4) is 5.75 Å². The minimum absolute atomic E-state index is 0.117. The molecule has 3 aliphatic rings. The number of aryl methyl sites for hydroxylation is 1. The highest BCUT2D eigenvalue weighted by Gasteiger charge is 2.54. The van der Waals surface area contributed by atoms with Gasteiger partial charge in [0.05, 0.1) is 12.2 Å². The summed E-state index contributed by atoms with van der Waals surface area (Å²) in [5.74, 6) is 0.363. The molecule has 2 aromatic carbocycles. The highest BCUT2D eigenvalue weighted by atomic mass is 16.3. The third kappa shape index (κ3) is 2.86. The molecule has 2 atom stereocenters. The Morgan fingerprint density at radius 3 is 2.58 bits per heavy atom. The number of aromatic hydroxyl groups is 1. The molecule has 2 unspecified atom stereocenters. The van der Waals surface area contributed by atoms with Crippen molar-refractivity contribution in [3.05, 3.63) is 71.6 Å². The number of para-hydroxylation sites is 2. The summed E-state index contributed by atoms with van der Waals surface area (Å²) in [6, 6.07) is 13.8. The second kappa shape index (κ2) is 6.87. The number of allylic oxidation sites excluding steroid dienone is 1. The molecular weight excluding hydrogens is 394 g/mol. The average Bonchev–Trinajstić information content (AvgIpc) is 3.25. The Balaban J connectivity index is 1.49. The Morgan fingerprint density at radius 2 is 1.84 bits per heavy atom. The van der Waals surface area contributed by atoms with Gasteiger partial charge >= 0.3 is 6.03 Å². The molecule has 5 rings (SSSR count). The van der Waals surface area contributed by atoms with Crippen molar-refractivity contribution in [2.45, 2.75) is 32.6 Å². The van der Waals surface area contributed by atoms with Crippen molar-refractivity contribution in [1.29, 1.82) is 0 Å². The summed E-state index contributed by atoms with van der Waals surface area (Å²) in [5.41, 5.74) is 3.38. The lowest BCUT2D eigenvalue weighted by atomic mass is 10.1. The number of hydrogen-bond acceptors (Lipinski definition) is 6. The van der Waals surface area contributed by atoms with E-state index >= 15 is 0 Å². The molecule has 2 aromatic rings. The van der Waals surface area contributed by atoms with Gasteiger partial charge in [-0.1, -0.05) is 42.0 Å². The first-order chi connectivity index (χ1) is 14.9. The van der Waals surface area contributed by atoms with Crippen LogP contribution in [0.4, 0.5) is 10.5 Å². The van der Waals surface area contributed by atoms with Gasteiger partial charge in [0, 0.05) is 18.9 Å². The smallest absolute Gasteiger partial charge is 0.328 e. The van der Waals surface area contributed by atoms with E-state index in [1.807, 2.05) is 55.3 Å². The maximum Gasteiger partial charge on any atom is 0.328 e. The lowest BCUT2D eigenvalue weighted by Gasteiger charge is -2.40. The monoisotopic (exact) mass is 417 g/mol. The Labute approximate surface area is 180 Å². The molecule has 3 amide bonds. The fraction of sp³-hybridized carbons (Fsp3) is 0.261. The highest BCUT2D eigenvalue weighted by molar-refractivity contribution is 6.10. The van der Waals surface area contributed by atoms with Gasteiger partial charge in [-0.25, -0.2) is 9.79 Å². The van der Waals surface area contributed by atoms with E-state index in [1.54, 1.807) is 30.1 Å². The number of aliphatic imine (C=N–C) groups is 1. The molecule has 8 nitrogen and oxygen atoms in total. The quantitative estimate of drug-likeness (QED) is 0.831. The number of amides is 3. The van der Waals surface area contributed by atoms with E-state index in [0.717, 1.165) is 16.8 Å². The largest absolute Gasteiger partial charge is 0.506 e. The molecule has 0 aliphatic carbocycles. The zero-order chi connectivity index (χ0) is 21.9. The Kier molecular flexibility index (Phi) is 4.25. The highest BCUT2D eigenvalue weighted by Crippen LogP contribution is 2.39. The number of urea groups is 1. The van der Waals surface area contributed by atoms with Crippen molar-refractivity contribution in [2.75, 3.05) is 11.9 Å². The second-order valence-corrected chi connectivity index (χ2v) is 8.10. The standard InChI is InChI=1S/C23H23N5O3/c1-14-7-6-8-16(11-14)13-27-21(30)19-20(25(3)23(27)31)24-22-26(19)12-15(2)28(22)17-9-4-5-10-18(17)29/h4-12,19-20,29H,13H2,1-3H3. The third-order valence-electron chi connectivity index (χ3n) is 5.93. The lowest BCUT2D eigenvalue weighted by Crippen LogP contribution is -2.63. The summed E-state index contributed by atoms with van der Waals surface area (Å²) in [6.07, 6.45) is 1.23. The number of hydrogen-bond donors (Lipinski definition) is 1. The molecule has 3 aliphatic heterocycles. The molecule has 0 bridgehead atoms. The summed E-state index contributed by atoms with van der Waals surface area (Å²) in [7, 11) is 1.67. The zero-order valence-corrected chi connectivity index (χ0v) is 17.6. The van der Waals surface area contributed by atoms with Crippen LogP contribution in [-0.4, -0.2) is 57.0 Å². The molecule has 158 valence electrons. The molecular formula is C23H23N5O3. The summed E-state index contributed by atoms with van der Waals surface area (Å²) >= 11 is 0. The van der Waals surface area contributed by atoms with E-state index in [9.17, 15) is 14.7 Å². The van der Waals surface area contributed by atoms with Gasteiger partial charge in [0.2, 0.25) is 5.96 Å². The minimum atomic E-state index is -0.645. The fourth-order valence-electron chi connectivity index (χ4n) is 4.44. The fourth-order valence-corrected chi connectivity index (χ4v) is 4.44. The Hall–Kier alpha value is -3.81. The second-order valence-electron chi connectivity index (χ2n) is 8.10. The predicted molar refractivity (Wildman–Crippen MR) is 116 cm³/mol. The van der Waals surface area contributed by atoms with Crippen molar-refractivity contribution in [3.63, 3.8) is 0 Å². The predicted octanol–water partition coefficient (Wildman–Crippen LogP) is 2.84. The summed E-state index contributed by atoms with van der Waals surface area (Å²) in [6.45, 7) is 4.09. The van der Waals surface area contributed by atoms with Crippen LogP contribution in [0.25, 0.3) is 0 Å². The minimum Gasteiger partial charge on any atom is -0.506 e. The van der Waals surface area contributed by atoms with Crippen molar-refractivity contribution < 1.29 is 14.7 Å². The molecule has 0 radical (unpaired) electrons. The maximum absolute atomic E-state index is 13.5. The van der Waals surface area contributed by atoms with E-state index in [0.29, 0.717) is 11.6 Å². The topological polar surface area (TPSA) is 79.7 Å². The van der Waals surface area contributed by atoms with Crippen molar-refractivity contribution >= 4 is 23.6 Å². The van der Waals surface area contributed by atoms with Crippen LogP contribution in [0.15, 0.2) is 65.4 Å². The SMILES string of the molecule is CC1=CN2C(=NC3C2C(=O)N(Cc2cccc(C)c2)C(=O)N3C)N1c1ccccc1O. The van der Waals surface area contributed by atoms with Crippen LogP contribution in [0, 0.1) is 6.92 Å². The number of phenolic OH excluding ortho intramolecular Hbond substituents is 1. The third-order valence-corrected chi connectivity index (χ3v) is 5.93. The van der Waals surface area contributed by atoms with E-state index in [4.69, 9.17) is 4.99 Å². The maximum atomic E-state index is 13.5. The first-order valence-electron chi connectivity index (χ1n) is 10.1. The Morgan fingerprint density at radius 1 is 1.06 bits per heavy atom. The van der Waals surface area contributed by atoms with Crippen molar-refractivity contribution in [1.82, 2.24) is 14.7 Å². The number of anilines is 1. The molecule has 0 spiro atoms. The number of phenols is 1. The van der Waals surface area contributed by atoms with Crippen LogP contribution in [0.2, 0.25) is 0 Å². The number of fused-ring (bicyclic) bond motifs is 3. The number of nitrogens with zero attached hydrogens (tertiary/aromatic N) is 5. The molecule has 1 saturated heterocycles. The van der Waals surface area contributed by atoms with Crippen LogP contribution >= 0.6 is 0 Å². The summed E-state index contributed by atoms with van der Waals surface area (Å²) < 4.78 is 0. The van der Waals surface area contributed by atoms with E-state index in [2.05, 4.69) is 0 Å². The molecule has 0 aromatic heterocycles. The number of carbonyl (C=O) groups excluding carboxylic acids is 2. The van der Waals surface area contributed by atoms with Crippen LogP contribution in [0.5, 0.6) is 5.75 Å². The number of guanidine groups is 1. The van der Waals surface area contributed by atoms with E-state index in [1.165, 1.54) is 9.80 Å². The zero-order valence-electron chi connectivity index (χ0n) is 17.6. The van der Waals surface area contributed by atoms with Gasteiger partial charge in [0.25, 0.3) is 5.91 Å². The van der Waals surface area contributed by atoms with Gasteiger partial charge in [0.1, 0.15) is 5.75 Å². The summed E-state index contributed by atoms with van der Waals surface area (Å²) in [5, 5.41) is 10.4. The average molecular weight is 417 g/mol. The van der Waals surface area contributed by atoms with Crippen LogP contribution in [0.3, 0.4) is 0 Å². The molecule has 1 N–H and O–H groups in total. The van der Waals surface area contributed by atoms with Crippen LogP contribution in [-0.2, 0) is 11.3 Å². The van der Waals surface area contributed by atoms with E-state index < -0.39 is 12.2 Å². The van der Waals surface area contributed by atoms with Crippen LogP contribution < -0.4 is 4.90 Å². The normalized spacial score (nSPS) is 22.5.